The van der Waals surface area contributed by atoms with Gasteiger partial charge in [0.15, 0.2) is 0 Å². The summed E-state index contributed by atoms with van der Waals surface area (Å²) in [5, 5.41) is 15.5. The molecule has 192 valence electrons. The second-order valence-electron chi connectivity index (χ2n) is 8.99. The molecule has 36 heavy (non-hydrogen) atoms. The topological polar surface area (TPSA) is 69.0 Å². The molecule has 1 aromatic heterocycles. The summed E-state index contributed by atoms with van der Waals surface area (Å²) in [4.78, 5) is 2.15. The van der Waals surface area contributed by atoms with Crippen molar-refractivity contribution in [1.29, 1.82) is 0 Å². The number of aromatic nitrogens is 2. The molecule has 8 heteroatoms. The predicted molar refractivity (Wildman–Crippen MR) is 136 cm³/mol. The van der Waals surface area contributed by atoms with E-state index in [-0.39, 0.29) is 18.5 Å². The maximum absolute atomic E-state index is 13.9. The summed E-state index contributed by atoms with van der Waals surface area (Å²) in [5.41, 5.74) is 2.58. The van der Waals surface area contributed by atoms with E-state index in [1.54, 1.807) is 22.9 Å². The van der Waals surface area contributed by atoms with Crippen molar-refractivity contribution in [2.75, 3.05) is 32.9 Å². The molecule has 0 unspecified atom stereocenters. The fourth-order valence-corrected chi connectivity index (χ4v) is 4.43. The lowest BCUT2D eigenvalue weighted by Crippen LogP contribution is -2.39. The third-order valence-corrected chi connectivity index (χ3v) is 6.03. The molecule has 2 aromatic carbocycles. The van der Waals surface area contributed by atoms with Crippen molar-refractivity contribution < 1.29 is 23.7 Å². The lowest BCUT2D eigenvalue weighted by molar-refractivity contribution is 0.00844. The zero-order chi connectivity index (χ0) is 25.3. The Balaban J connectivity index is 1.65. The number of ether oxygens (including phenoxy) is 3. The van der Waals surface area contributed by atoms with E-state index in [9.17, 15) is 9.50 Å². The van der Waals surface area contributed by atoms with E-state index < -0.39 is 6.10 Å². The Bertz CT molecular complexity index is 1120. The van der Waals surface area contributed by atoms with Crippen LogP contribution in [0.15, 0.2) is 67.3 Å². The average molecular weight is 496 g/mol. The normalized spacial score (nSPS) is 16.4. The van der Waals surface area contributed by atoms with Crippen LogP contribution >= 0.6 is 0 Å². The first-order chi connectivity index (χ1) is 17.5. The van der Waals surface area contributed by atoms with Crippen LogP contribution in [0.5, 0.6) is 11.6 Å². The predicted octanol–water partition coefficient (Wildman–Crippen LogP) is 4.56. The SMILES string of the molecule is C=CCOC[C@H](O)CN(Cc1c(-c2ccccc2)nn(C)c1Oc1cccc(F)c1)C[C@H]1CCCO1. The number of benzene rings is 2. The summed E-state index contributed by atoms with van der Waals surface area (Å²) in [6.07, 6.45) is 3.07. The summed E-state index contributed by atoms with van der Waals surface area (Å²) in [7, 11) is 1.81. The average Bonchev–Trinajstić information content (AvgIpc) is 3.48. The van der Waals surface area contributed by atoms with Gasteiger partial charge in [0.2, 0.25) is 5.88 Å². The van der Waals surface area contributed by atoms with Crippen LogP contribution in [-0.2, 0) is 23.1 Å². The van der Waals surface area contributed by atoms with Crippen molar-refractivity contribution in [3.63, 3.8) is 0 Å². The lowest BCUT2D eigenvalue weighted by Gasteiger charge is -2.27. The first-order valence-corrected chi connectivity index (χ1v) is 12.3. The van der Waals surface area contributed by atoms with Crippen LogP contribution in [0.2, 0.25) is 0 Å². The van der Waals surface area contributed by atoms with E-state index in [1.165, 1.54) is 12.1 Å². The van der Waals surface area contributed by atoms with Crippen LogP contribution in [0.1, 0.15) is 18.4 Å². The standard InChI is InChI=1S/C28H34FN3O4/c1-3-14-34-20-23(33)17-32(18-25-13-8-15-35-25)19-26-27(21-9-5-4-6-10-21)30-31(2)28(26)36-24-12-7-11-22(29)16-24/h3-7,9-12,16,23,25,33H,1,8,13-15,17-20H2,2H3/t23-,25-/m1/s1. The van der Waals surface area contributed by atoms with Gasteiger partial charge in [-0.15, -0.1) is 6.58 Å². The zero-order valence-electron chi connectivity index (χ0n) is 20.7. The second-order valence-corrected chi connectivity index (χ2v) is 8.99. The maximum atomic E-state index is 13.9. The third kappa shape index (κ3) is 7.01. The molecule has 0 radical (unpaired) electrons. The number of aliphatic hydroxyl groups is 1. The van der Waals surface area contributed by atoms with Crippen LogP contribution < -0.4 is 4.74 Å². The second kappa shape index (κ2) is 12.8. The van der Waals surface area contributed by atoms with Crippen LogP contribution in [0, 0.1) is 5.82 Å². The maximum Gasteiger partial charge on any atom is 0.222 e. The first-order valence-electron chi connectivity index (χ1n) is 12.3. The Morgan fingerprint density at radius 1 is 1.28 bits per heavy atom. The molecule has 0 spiro atoms. The third-order valence-electron chi connectivity index (χ3n) is 6.03. The summed E-state index contributed by atoms with van der Waals surface area (Å²) < 4.78 is 33.1. The van der Waals surface area contributed by atoms with E-state index in [2.05, 4.69) is 11.5 Å². The molecule has 3 aromatic rings. The zero-order valence-corrected chi connectivity index (χ0v) is 20.7. The summed E-state index contributed by atoms with van der Waals surface area (Å²) in [5.74, 6) is 0.541. The molecule has 0 bridgehead atoms. The number of rotatable bonds is 13. The quantitative estimate of drug-likeness (QED) is 0.277. The molecule has 0 amide bonds. The van der Waals surface area contributed by atoms with Crippen molar-refractivity contribution in [1.82, 2.24) is 14.7 Å². The van der Waals surface area contributed by atoms with Crippen LogP contribution in [0.3, 0.4) is 0 Å². The van der Waals surface area contributed by atoms with E-state index in [4.69, 9.17) is 19.3 Å². The van der Waals surface area contributed by atoms with Gasteiger partial charge in [0, 0.05) is 44.9 Å². The van der Waals surface area contributed by atoms with E-state index in [0.717, 1.165) is 36.3 Å². The molecule has 7 nitrogen and oxygen atoms in total. The van der Waals surface area contributed by atoms with Crippen LogP contribution in [-0.4, -0.2) is 64.9 Å². The summed E-state index contributed by atoms with van der Waals surface area (Å²) in [6, 6.07) is 15.9. The molecular formula is C28H34FN3O4. The van der Waals surface area contributed by atoms with Crippen molar-refractivity contribution in [3.05, 3.63) is 78.6 Å². The monoisotopic (exact) mass is 495 g/mol. The molecule has 2 atom stereocenters. The highest BCUT2D eigenvalue weighted by atomic mass is 19.1. The molecule has 1 N–H and O–H groups in total. The van der Waals surface area contributed by atoms with Crippen molar-refractivity contribution in [3.8, 4) is 22.9 Å². The van der Waals surface area contributed by atoms with Gasteiger partial charge in [-0.25, -0.2) is 9.07 Å². The van der Waals surface area contributed by atoms with Gasteiger partial charge >= 0.3 is 0 Å². The summed E-state index contributed by atoms with van der Waals surface area (Å²) >= 11 is 0. The fraction of sp³-hybridized carbons (Fsp3) is 0.393. The largest absolute Gasteiger partial charge is 0.439 e. The van der Waals surface area contributed by atoms with Gasteiger partial charge in [0.05, 0.1) is 31.0 Å². The summed E-state index contributed by atoms with van der Waals surface area (Å²) in [6.45, 7) is 6.50. The van der Waals surface area contributed by atoms with Crippen molar-refractivity contribution in [2.45, 2.75) is 31.6 Å². The highest BCUT2D eigenvalue weighted by Crippen LogP contribution is 2.34. The van der Waals surface area contributed by atoms with Gasteiger partial charge < -0.3 is 19.3 Å². The number of aryl methyl sites for hydroxylation is 1. The minimum Gasteiger partial charge on any atom is -0.439 e. The molecule has 4 rings (SSSR count). The van der Waals surface area contributed by atoms with Crippen molar-refractivity contribution in [2.24, 2.45) is 7.05 Å². The Kier molecular flexibility index (Phi) is 9.24. The number of hydrogen-bond acceptors (Lipinski definition) is 6. The molecule has 0 saturated carbocycles. The van der Waals surface area contributed by atoms with E-state index in [0.29, 0.717) is 37.9 Å². The highest BCUT2D eigenvalue weighted by Gasteiger charge is 2.26. The number of halogens is 1. The molecular weight excluding hydrogens is 461 g/mol. The minimum atomic E-state index is -0.684. The molecule has 1 saturated heterocycles. The van der Waals surface area contributed by atoms with Gasteiger partial charge in [-0.2, -0.15) is 5.10 Å². The van der Waals surface area contributed by atoms with Crippen LogP contribution in [0.25, 0.3) is 11.3 Å². The number of aliphatic hydroxyl groups excluding tert-OH is 1. The van der Waals surface area contributed by atoms with Crippen LogP contribution in [0.4, 0.5) is 4.39 Å². The van der Waals surface area contributed by atoms with Gasteiger partial charge in [0.25, 0.3) is 0 Å². The van der Waals surface area contributed by atoms with Gasteiger partial charge in [0.1, 0.15) is 17.3 Å². The lowest BCUT2D eigenvalue weighted by atomic mass is 10.1. The Hall–Kier alpha value is -3.04. The molecule has 1 aliphatic rings. The molecule has 1 aliphatic heterocycles. The van der Waals surface area contributed by atoms with E-state index >= 15 is 0 Å². The Labute approximate surface area is 211 Å². The van der Waals surface area contributed by atoms with E-state index in [1.807, 2.05) is 37.4 Å². The van der Waals surface area contributed by atoms with Crippen molar-refractivity contribution >= 4 is 0 Å². The minimum absolute atomic E-state index is 0.0933. The molecule has 1 fully saturated rings. The smallest absolute Gasteiger partial charge is 0.222 e. The number of nitrogens with zero attached hydrogens (tertiary/aromatic N) is 3. The van der Waals surface area contributed by atoms with Gasteiger partial charge in [-0.1, -0.05) is 42.5 Å². The number of hydrogen-bond donors (Lipinski definition) is 1. The molecule has 2 heterocycles. The fourth-order valence-electron chi connectivity index (χ4n) is 4.43. The molecule has 0 aliphatic carbocycles. The Morgan fingerprint density at radius 3 is 2.83 bits per heavy atom. The van der Waals surface area contributed by atoms with Gasteiger partial charge in [-0.05, 0) is 25.0 Å². The Morgan fingerprint density at radius 2 is 2.11 bits per heavy atom. The first kappa shape index (κ1) is 26.0. The highest BCUT2D eigenvalue weighted by molar-refractivity contribution is 5.65. The van der Waals surface area contributed by atoms with Gasteiger partial charge in [-0.3, -0.25) is 4.90 Å².